The van der Waals surface area contributed by atoms with E-state index in [-0.39, 0.29) is 11.8 Å². The van der Waals surface area contributed by atoms with Crippen molar-refractivity contribution in [1.29, 1.82) is 0 Å². The first kappa shape index (κ1) is 13.1. The minimum Gasteiger partial charge on any atom is -0.383 e. The summed E-state index contributed by atoms with van der Waals surface area (Å²) in [6, 6.07) is 5.80. The molecule has 2 amide bonds. The molecule has 5 nitrogen and oxygen atoms in total. The van der Waals surface area contributed by atoms with E-state index in [9.17, 15) is 9.59 Å². The van der Waals surface area contributed by atoms with Gasteiger partial charge in [0.05, 0.1) is 13.0 Å². The third kappa shape index (κ3) is 2.54. The number of methoxy groups -OCH3 is 1. The second-order valence-corrected chi connectivity index (χ2v) is 5.32. The molecule has 2 aliphatic rings. The lowest BCUT2D eigenvalue weighted by molar-refractivity contribution is -0.115. The van der Waals surface area contributed by atoms with Crippen molar-refractivity contribution >= 4 is 17.5 Å². The van der Waals surface area contributed by atoms with Gasteiger partial charge in [0.15, 0.2) is 0 Å². The van der Waals surface area contributed by atoms with E-state index in [0.29, 0.717) is 31.2 Å². The molecule has 0 spiro atoms. The zero-order valence-electron chi connectivity index (χ0n) is 11.5. The fraction of sp³-hybridized carbons (Fsp3) is 0.467. The highest BCUT2D eigenvalue weighted by molar-refractivity contribution is 6.02. The van der Waals surface area contributed by atoms with Gasteiger partial charge in [-0.15, -0.1) is 0 Å². The predicted octanol–water partition coefficient (Wildman–Crippen LogP) is 1.43. The Kier molecular flexibility index (Phi) is 3.44. The van der Waals surface area contributed by atoms with Gasteiger partial charge in [0.2, 0.25) is 5.91 Å². The second kappa shape index (κ2) is 5.25. The number of amides is 2. The zero-order chi connectivity index (χ0) is 14.1. The maximum atomic E-state index is 12.6. The maximum Gasteiger partial charge on any atom is 0.254 e. The molecule has 0 bridgehead atoms. The lowest BCUT2D eigenvalue weighted by atomic mass is 10.1. The Morgan fingerprint density at radius 1 is 1.45 bits per heavy atom. The van der Waals surface area contributed by atoms with Crippen molar-refractivity contribution in [3.8, 4) is 0 Å². The number of fused-ring (bicyclic) bond motifs is 1. The minimum atomic E-state index is -0.0111. The Morgan fingerprint density at radius 3 is 2.95 bits per heavy atom. The van der Waals surface area contributed by atoms with Crippen LogP contribution >= 0.6 is 0 Å². The second-order valence-electron chi connectivity index (χ2n) is 5.32. The van der Waals surface area contributed by atoms with Crippen molar-refractivity contribution in [1.82, 2.24) is 4.90 Å². The van der Waals surface area contributed by atoms with Crippen LogP contribution in [0.5, 0.6) is 0 Å². The number of carbonyl (C=O) groups excluding carboxylic acids is 2. The molecule has 0 saturated heterocycles. The largest absolute Gasteiger partial charge is 0.383 e. The normalized spacial score (nSPS) is 16.8. The van der Waals surface area contributed by atoms with E-state index in [0.717, 1.165) is 24.1 Å². The van der Waals surface area contributed by atoms with Gasteiger partial charge in [-0.2, -0.15) is 0 Å². The standard InChI is InChI=1S/C15H18N2O3/c1-20-7-6-17(12-4-5-12)15(19)11-3-2-10-9-14(18)16-13(10)8-11/h2-3,8,12H,4-7,9H2,1H3,(H,16,18). The summed E-state index contributed by atoms with van der Waals surface area (Å²) in [7, 11) is 1.64. The molecule has 0 unspecified atom stereocenters. The summed E-state index contributed by atoms with van der Waals surface area (Å²) < 4.78 is 5.07. The highest BCUT2D eigenvalue weighted by Gasteiger charge is 2.33. The van der Waals surface area contributed by atoms with Gasteiger partial charge in [-0.3, -0.25) is 9.59 Å². The average molecular weight is 274 g/mol. The van der Waals surface area contributed by atoms with Gasteiger partial charge in [-0.25, -0.2) is 0 Å². The number of carbonyl (C=O) groups is 2. The monoisotopic (exact) mass is 274 g/mol. The summed E-state index contributed by atoms with van der Waals surface area (Å²) >= 11 is 0. The van der Waals surface area contributed by atoms with Gasteiger partial charge < -0.3 is 15.0 Å². The van der Waals surface area contributed by atoms with Crippen LogP contribution in [0.4, 0.5) is 5.69 Å². The van der Waals surface area contributed by atoms with Crippen LogP contribution in [-0.2, 0) is 16.0 Å². The highest BCUT2D eigenvalue weighted by Crippen LogP contribution is 2.30. The molecule has 20 heavy (non-hydrogen) atoms. The molecule has 1 fully saturated rings. The summed E-state index contributed by atoms with van der Waals surface area (Å²) in [4.78, 5) is 25.8. The van der Waals surface area contributed by atoms with Crippen LogP contribution in [0.15, 0.2) is 18.2 Å². The number of hydrogen-bond donors (Lipinski definition) is 1. The topological polar surface area (TPSA) is 58.6 Å². The first-order chi connectivity index (χ1) is 9.69. The molecule has 5 heteroatoms. The Morgan fingerprint density at radius 2 is 2.25 bits per heavy atom. The van der Waals surface area contributed by atoms with Gasteiger partial charge in [-0.05, 0) is 30.5 Å². The lowest BCUT2D eigenvalue weighted by Gasteiger charge is -2.22. The predicted molar refractivity (Wildman–Crippen MR) is 74.7 cm³/mol. The highest BCUT2D eigenvalue weighted by atomic mass is 16.5. The molecule has 1 aromatic rings. The molecule has 1 aromatic carbocycles. The smallest absolute Gasteiger partial charge is 0.254 e. The summed E-state index contributed by atoms with van der Waals surface area (Å²) in [6.45, 7) is 1.16. The molecule has 1 aliphatic carbocycles. The summed E-state index contributed by atoms with van der Waals surface area (Å²) in [5, 5.41) is 2.79. The molecule has 1 saturated carbocycles. The van der Waals surface area contributed by atoms with Gasteiger partial charge in [0.25, 0.3) is 5.91 Å². The van der Waals surface area contributed by atoms with E-state index in [2.05, 4.69) is 5.32 Å². The molecular formula is C15H18N2O3. The zero-order valence-corrected chi connectivity index (χ0v) is 11.5. The molecule has 3 rings (SSSR count). The van der Waals surface area contributed by atoms with Gasteiger partial charge >= 0.3 is 0 Å². The molecule has 1 N–H and O–H groups in total. The van der Waals surface area contributed by atoms with Gasteiger partial charge in [-0.1, -0.05) is 6.07 Å². The van der Waals surface area contributed by atoms with Crippen molar-refractivity contribution in [3.05, 3.63) is 29.3 Å². The quantitative estimate of drug-likeness (QED) is 0.883. The van der Waals surface area contributed by atoms with E-state index in [1.807, 2.05) is 17.0 Å². The number of hydrogen-bond acceptors (Lipinski definition) is 3. The molecule has 0 atom stereocenters. The first-order valence-electron chi connectivity index (χ1n) is 6.91. The van der Waals surface area contributed by atoms with Gasteiger partial charge in [0.1, 0.15) is 0 Å². The first-order valence-corrected chi connectivity index (χ1v) is 6.91. The third-order valence-corrected chi connectivity index (χ3v) is 3.77. The number of benzene rings is 1. The fourth-order valence-corrected chi connectivity index (χ4v) is 2.54. The third-order valence-electron chi connectivity index (χ3n) is 3.77. The van der Waals surface area contributed by atoms with Crippen molar-refractivity contribution in [2.24, 2.45) is 0 Å². The number of rotatable bonds is 5. The van der Waals surface area contributed by atoms with E-state index >= 15 is 0 Å². The van der Waals surface area contributed by atoms with Gasteiger partial charge in [0, 0.05) is 30.9 Å². The van der Waals surface area contributed by atoms with Crippen molar-refractivity contribution in [3.63, 3.8) is 0 Å². The van der Waals surface area contributed by atoms with Crippen LogP contribution in [0.2, 0.25) is 0 Å². The van der Waals surface area contributed by atoms with E-state index in [1.54, 1.807) is 13.2 Å². The number of nitrogens with one attached hydrogen (secondary N) is 1. The SMILES string of the molecule is COCCN(C(=O)c1ccc2c(c1)NC(=O)C2)C1CC1. The van der Waals surface area contributed by atoms with Crippen molar-refractivity contribution < 1.29 is 14.3 Å². The fourth-order valence-electron chi connectivity index (χ4n) is 2.54. The molecule has 0 radical (unpaired) electrons. The summed E-state index contributed by atoms with van der Waals surface area (Å²) in [6.07, 6.45) is 2.54. The van der Waals surface area contributed by atoms with Crippen molar-refractivity contribution in [2.75, 3.05) is 25.6 Å². The van der Waals surface area contributed by atoms with Crippen LogP contribution < -0.4 is 5.32 Å². The Balaban J connectivity index is 1.79. The van der Waals surface area contributed by atoms with Crippen LogP contribution in [0, 0.1) is 0 Å². The van der Waals surface area contributed by atoms with Crippen molar-refractivity contribution in [2.45, 2.75) is 25.3 Å². The minimum absolute atomic E-state index is 0.0111. The van der Waals surface area contributed by atoms with Crippen LogP contribution in [0.25, 0.3) is 0 Å². The molecular weight excluding hydrogens is 256 g/mol. The lowest BCUT2D eigenvalue weighted by Crippen LogP contribution is -2.35. The Hall–Kier alpha value is -1.88. The number of anilines is 1. The number of nitrogens with zero attached hydrogens (tertiary/aromatic N) is 1. The number of ether oxygens (including phenoxy) is 1. The molecule has 1 aliphatic heterocycles. The van der Waals surface area contributed by atoms with Crippen LogP contribution in [-0.4, -0.2) is 43.0 Å². The summed E-state index contributed by atoms with van der Waals surface area (Å²) in [5.74, 6) is 0.0107. The molecule has 106 valence electrons. The Bertz CT molecular complexity index is 552. The maximum absolute atomic E-state index is 12.6. The molecule has 1 heterocycles. The molecule has 0 aromatic heterocycles. The summed E-state index contributed by atoms with van der Waals surface area (Å²) in [5.41, 5.74) is 2.36. The van der Waals surface area contributed by atoms with Crippen LogP contribution in [0.1, 0.15) is 28.8 Å². The average Bonchev–Trinajstić information content (AvgIpc) is 3.19. The van der Waals surface area contributed by atoms with Crippen LogP contribution in [0.3, 0.4) is 0 Å². The van der Waals surface area contributed by atoms with E-state index < -0.39 is 0 Å². The Labute approximate surface area is 117 Å². The van der Waals surface area contributed by atoms with E-state index in [1.165, 1.54) is 0 Å². The van der Waals surface area contributed by atoms with E-state index in [4.69, 9.17) is 4.74 Å².